The van der Waals surface area contributed by atoms with Gasteiger partial charge in [0.2, 0.25) is 0 Å². The number of aryl methyl sites for hydroxylation is 1. The summed E-state index contributed by atoms with van der Waals surface area (Å²) in [6.45, 7) is 2.42. The Morgan fingerprint density at radius 3 is 2.76 bits per heavy atom. The summed E-state index contributed by atoms with van der Waals surface area (Å²) in [6, 6.07) is 10.1. The molecule has 17 heavy (non-hydrogen) atoms. The predicted molar refractivity (Wildman–Crippen MR) is 71.6 cm³/mol. The van der Waals surface area contributed by atoms with E-state index < -0.39 is 0 Å². The van der Waals surface area contributed by atoms with E-state index in [0.29, 0.717) is 6.54 Å². The first-order valence-corrected chi connectivity index (χ1v) is 6.24. The molecule has 0 saturated carbocycles. The fourth-order valence-electron chi connectivity index (χ4n) is 1.71. The Labute approximate surface area is 109 Å². The lowest BCUT2D eigenvalue weighted by Crippen LogP contribution is -2.06. The van der Waals surface area contributed by atoms with Crippen LogP contribution in [0.1, 0.15) is 22.8 Å². The first kappa shape index (κ1) is 12.2. The molecule has 0 aliphatic rings. The van der Waals surface area contributed by atoms with E-state index in [1.54, 1.807) is 0 Å². The van der Waals surface area contributed by atoms with Gasteiger partial charge in [-0.2, -0.15) is 0 Å². The highest BCUT2D eigenvalue weighted by Gasteiger charge is 2.03. The van der Waals surface area contributed by atoms with Gasteiger partial charge < -0.3 is 5.73 Å². The standard InChI is InChI=1S/C13H14BrN3/c1-9-5-12(8-15)17-13(16-9)7-10-3-2-4-11(14)6-10/h2-6H,7-8,15H2,1H3. The fourth-order valence-corrected chi connectivity index (χ4v) is 2.16. The smallest absolute Gasteiger partial charge is 0.133 e. The number of halogens is 1. The quantitative estimate of drug-likeness (QED) is 0.946. The van der Waals surface area contributed by atoms with Crippen LogP contribution in [0.5, 0.6) is 0 Å². The highest BCUT2D eigenvalue weighted by molar-refractivity contribution is 9.10. The molecule has 0 bridgehead atoms. The molecule has 2 N–H and O–H groups in total. The van der Waals surface area contributed by atoms with Crippen LogP contribution in [-0.2, 0) is 13.0 Å². The minimum atomic E-state index is 0.453. The van der Waals surface area contributed by atoms with E-state index in [2.05, 4.69) is 38.0 Å². The van der Waals surface area contributed by atoms with E-state index in [4.69, 9.17) is 5.73 Å². The van der Waals surface area contributed by atoms with Crippen LogP contribution in [0.15, 0.2) is 34.8 Å². The summed E-state index contributed by atoms with van der Waals surface area (Å²) in [5.74, 6) is 0.823. The van der Waals surface area contributed by atoms with Gasteiger partial charge in [-0.15, -0.1) is 0 Å². The van der Waals surface area contributed by atoms with Crippen molar-refractivity contribution < 1.29 is 0 Å². The zero-order valence-corrected chi connectivity index (χ0v) is 11.2. The second-order valence-corrected chi connectivity index (χ2v) is 4.84. The largest absolute Gasteiger partial charge is 0.325 e. The number of rotatable bonds is 3. The van der Waals surface area contributed by atoms with E-state index in [1.165, 1.54) is 5.56 Å². The molecule has 4 heteroatoms. The van der Waals surface area contributed by atoms with Gasteiger partial charge >= 0.3 is 0 Å². The van der Waals surface area contributed by atoms with Crippen LogP contribution in [0.4, 0.5) is 0 Å². The van der Waals surface area contributed by atoms with Gasteiger partial charge in [0.15, 0.2) is 0 Å². The van der Waals surface area contributed by atoms with Gasteiger partial charge in [0.05, 0.1) is 5.69 Å². The fraction of sp³-hybridized carbons (Fsp3) is 0.231. The Kier molecular flexibility index (Phi) is 3.86. The van der Waals surface area contributed by atoms with Crippen LogP contribution in [0.3, 0.4) is 0 Å². The van der Waals surface area contributed by atoms with Crippen LogP contribution in [0.25, 0.3) is 0 Å². The van der Waals surface area contributed by atoms with E-state index in [9.17, 15) is 0 Å². The molecule has 0 unspecified atom stereocenters. The molecular weight excluding hydrogens is 278 g/mol. The number of hydrogen-bond donors (Lipinski definition) is 1. The molecule has 3 nitrogen and oxygen atoms in total. The van der Waals surface area contributed by atoms with Crippen molar-refractivity contribution in [2.75, 3.05) is 0 Å². The average molecular weight is 292 g/mol. The molecule has 88 valence electrons. The molecule has 2 aromatic rings. The highest BCUT2D eigenvalue weighted by Crippen LogP contribution is 2.14. The second kappa shape index (κ2) is 5.38. The van der Waals surface area contributed by atoms with Crippen molar-refractivity contribution in [1.29, 1.82) is 0 Å². The summed E-state index contributed by atoms with van der Waals surface area (Å²) < 4.78 is 1.07. The van der Waals surface area contributed by atoms with Gasteiger partial charge in [-0.1, -0.05) is 28.1 Å². The van der Waals surface area contributed by atoms with E-state index >= 15 is 0 Å². The second-order valence-electron chi connectivity index (χ2n) is 3.93. The Morgan fingerprint density at radius 2 is 2.06 bits per heavy atom. The minimum Gasteiger partial charge on any atom is -0.325 e. The van der Waals surface area contributed by atoms with Crippen molar-refractivity contribution in [2.24, 2.45) is 5.73 Å². The zero-order chi connectivity index (χ0) is 12.3. The molecule has 0 fully saturated rings. The number of benzene rings is 1. The molecule has 1 aromatic carbocycles. The average Bonchev–Trinajstić information content (AvgIpc) is 2.28. The van der Waals surface area contributed by atoms with E-state index in [1.807, 2.05) is 25.1 Å². The molecule has 0 amide bonds. The molecule has 0 saturated heterocycles. The van der Waals surface area contributed by atoms with Crippen molar-refractivity contribution in [3.05, 3.63) is 57.6 Å². The molecule has 2 rings (SSSR count). The van der Waals surface area contributed by atoms with Gasteiger partial charge in [-0.05, 0) is 30.7 Å². The lowest BCUT2D eigenvalue weighted by Gasteiger charge is -2.05. The molecule has 0 spiro atoms. The third-order valence-electron chi connectivity index (χ3n) is 2.41. The SMILES string of the molecule is Cc1cc(CN)nc(Cc2cccc(Br)c2)n1. The Hall–Kier alpha value is -1.26. The van der Waals surface area contributed by atoms with Crippen LogP contribution in [0, 0.1) is 6.92 Å². The van der Waals surface area contributed by atoms with Crippen LogP contribution >= 0.6 is 15.9 Å². The number of aromatic nitrogens is 2. The normalized spacial score (nSPS) is 10.5. The van der Waals surface area contributed by atoms with Crippen molar-refractivity contribution in [3.8, 4) is 0 Å². The molecule has 0 atom stereocenters. The monoisotopic (exact) mass is 291 g/mol. The highest BCUT2D eigenvalue weighted by atomic mass is 79.9. The van der Waals surface area contributed by atoms with Gasteiger partial charge in [-0.25, -0.2) is 9.97 Å². The Bertz CT molecular complexity index is 526. The predicted octanol–water partition coefficient (Wildman–Crippen LogP) is 2.60. The molecule has 1 heterocycles. The third-order valence-corrected chi connectivity index (χ3v) is 2.91. The van der Waals surface area contributed by atoms with Gasteiger partial charge in [0, 0.05) is 23.1 Å². The topological polar surface area (TPSA) is 51.8 Å². The van der Waals surface area contributed by atoms with Crippen LogP contribution in [-0.4, -0.2) is 9.97 Å². The lowest BCUT2D eigenvalue weighted by molar-refractivity contribution is 0.873. The number of nitrogens with two attached hydrogens (primary N) is 1. The number of nitrogens with zero attached hydrogens (tertiary/aromatic N) is 2. The molecular formula is C13H14BrN3. The van der Waals surface area contributed by atoms with Crippen molar-refractivity contribution in [3.63, 3.8) is 0 Å². The molecule has 0 aliphatic carbocycles. The Morgan fingerprint density at radius 1 is 1.24 bits per heavy atom. The summed E-state index contributed by atoms with van der Waals surface area (Å²) in [6.07, 6.45) is 0.730. The minimum absolute atomic E-state index is 0.453. The van der Waals surface area contributed by atoms with E-state index in [0.717, 1.165) is 28.1 Å². The summed E-state index contributed by atoms with van der Waals surface area (Å²) in [7, 11) is 0. The maximum atomic E-state index is 5.61. The maximum absolute atomic E-state index is 5.61. The Balaban J connectivity index is 2.26. The first-order valence-electron chi connectivity index (χ1n) is 5.45. The molecule has 0 radical (unpaired) electrons. The van der Waals surface area contributed by atoms with Gasteiger partial charge in [0.25, 0.3) is 0 Å². The first-order chi connectivity index (χ1) is 8.17. The lowest BCUT2D eigenvalue weighted by atomic mass is 10.1. The van der Waals surface area contributed by atoms with Gasteiger partial charge in [0.1, 0.15) is 5.82 Å². The zero-order valence-electron chi connectivity index (χ0n) is 9.65. The van der Waals surface area contributed by atoms with Crippen LogP contribution in [0.2, 0.25) is 0 Å². The third kappa shape index (κ3) is 3.35. The summed E-state index contributed by atoms with van der Waals surface area (Å²) >= 11 is 3.46. The summed E-state index contributed by atoms with van der Waals surface area (Å²) in [5.41, 5.74) is 8.65. The number of hydrogen-bond acceptors (Lipinski definition) is 3. The maximum Gasteiger partial charge on any atom is 0.133 e. The van der Waals surface area contributed by atoms with Crippen LogP contribution < -0.4 is 5.73 Å². The summed E-state index contributed by atoms with van der Waals surface area (Å²) in [4.78, 5) is 8.85. The van der Waals surface area contributed by atoms with Crippen molar-refractivity contribution in [2.45, 2.75) is 19.9 Å². The molecule has 1 aromatic heterocycles. The summed E-state index contributed by atoms with van der Waals surface area (Å²) in [5, 5.41) is 0. The van der Waals surface area contributed by atoms with E-state index in [-0.39, 0.29) is 0 Å². The molecule has 0 aliphatic heterocycles. The van der Waals surface area contributed by atoms with Crippen molar-refractivity contribution >= 4 is 15.9 Å². The van der Waals surface area contributed by atoms with Crippen molar-refractivity contribution in [1.82, 2.24) is 9.97 Å². The van der Waals surface area contributed by atoms with Gasteiger partial charge in [-0.3, -0.25) is 0 Å².